The number of rotatable bonds is 1. The number of hydrogen-bond acceptors (Lipinski definition) is 2. The first kappa shape index (κ1) is 9.27. The summed E-state index contributed by atoms with van der Waals surface area (Å²) in [5.41, 5.74) is 1.34. The third kappa shape index (κ3) is 1.14. The minimum Gasteiger partial charge on any atom is -0.506 e. The summed E-state index contributed by atoms with van der Waals surface area (Å²) < 4.78 is 2.41. The van der Waals surface area contributed by atoms with E-state index in [1.165, 1.54) is 0 Å². The van der Waals surface area contributed by atoms with Gasteiger partial charge in [-0.05, 0) is 28.1 Å². The zero-order chi connectivity index (χ0) is 10.3. The van der Waals surface area contributed by atoms with E-state index in [-0.39, 0.29) is 5.75 Å². The third-order valence-corrected chi connectivity index (χ3v) is 2.87. The monoisotopic (exact) mass is 253 g/mol. The normalized spacial score (nSPS) is 10.7. The van der Waals surface area contributed by atoms with Crippen LogP contribution < -0.4 is 0 Å². The Morgan fingerprint density at radius 1 is 1.50 bits per heavy atom. The van der Waals surface area contributed by atoms with Crippen LogP contribution >= 0.6 is 15.9 Å². The van der Waals surface area contributed by atoms with E-state index < -0.39 is 0 Å². The first-order chi connectivity index (χ1) is 6.65. The van der Waals surface area contributed by atoms with E-state index in [0.29, 0.717) is 15.4 Å². The second-order valence-corrected chi connectivity index (χ2v) is 3.96. The van der Waals surface area contributed by atoms with E-state index in [0.717, 1.165) is 11.8 Å². The zero-order valence-electron chi connectivity index (χ0n) is 7.49. The predicted octanol–water partition coefficient (Wildman–Crippen LogP) is 2.46. The summed E-state index contributed by atoms with van der Waals surface area (Å²) in [6.45, 7) is 0. The van der Waals surface area contributed by atoms with Gasteiger partial charge in [-0.1, -0.05) is 0 Å². The smallest absolute Gasteiger partial charge is 0.152 e. The Morgan fingerprint density at radius 2 is 2.21 bits per heavy atom. The average Bonchev–Trinajstić information content (AvgIpc) is 2.50. The van der Waals surface area contributed by atoms with Crippen molar-refractivity contribution < 1.29 is 9.90 Å². The molecule has 0 aliphatic rings. The van der Waals surface area contributed by atoms with E-state index in [1.807, 2.05) is 17.7 Å². The number of aromatic nitrogens is 1. The molecule has 1 aromatic carbocycles. The molecule has 0 fully saturated rings. The highest BCUT2D eigenvalue weighted by molar-refractivity contribution is 9.10. The van der Waals surface area contributed by atoms with Crippen molar-refractivity contribution in [2.45, 2.75) is 0 Å². The highest BCUT2D eigenvalue weighted by Crippen LogP contribution is 2.34. The summed E-state index contributed by atoms with van der Waals surface area (Å²) in [5.74, 6) is 0.116. The number of aromatic hydroxyl groups is 1. The molecule has 0 unspecified atom stereocenters. The number of hydrogen-bond donors (Lipinski definition) is 1. The molecule has 0 radical (unpaired) electrons. The standard InChI is InChI=1S/C10H8BrNO2/c1-12-4-6(5-13)9-8(12)3-2-7(11)10(9)14/h2-5,14H,1H3. The van der Waals surface area contributed by atoms with Gasteiger partial charge in [0.15, 0.2) is 6.29 Å². The van der Waals surface area contributed by atoms with Gasteiger partial charge in [0.1, 0.15) is 5.75 Å². The largest absolute Gasteiger partial charge is 0.506 e. The van der Waals surface area contributed by atoms with Crippen LogP contribution in [0.15, 0.2) is 22.8 Å². The van der Waals surface area contributed by atoms with Gasteiger partial charge in [0.05, 0.1) is 15.4 Å². The van der Waals surface area contributed by atoms with Crippen LogP contribution in [0.1, 0.15) is 10.4 Å². The van der Waals surface area contributed by atoms with Gasteiger partial charge in [-0.2, -0.15) is 0 Å². The molecule has 0 saturated carbocycles. The number of fused-ring (bicyclic) bond motifs is 1. The molecular weight excluding hydrogens is 246 g/mol. The molecule has 14 heavy (non-hydrogen) atoms. The number of aryl methyl sites for hydroxylation is 1. The molecular formula is C10H8BrNO2. The Balaban J connectivity index is 2.98. The minimum absolute atomic E-state index is 0.116. The topological polar surface area (TPSA) is 42.2 Å². The molecule has 1 aromatic heterocycles. The summed E-state index contributed by atoms with van der Waals surface area (Å²) in [6, 6.07) is 3.61. The first-order valence-electron chi connectivity index (χ1n) is 4.07. The van der Waals surface area contributed by atoms with Crippen molar-refractivity contribution in [3.05, 3.63) is 28.4 Å². The van der Waals surface area contributed by atoms with E-state index in [1.54, 1.807) is 12.3 Å². The highest BCUT2D eigenvalue weighted by Gasteiger charge is 2.12. The second kappa shape index (κ2) is 3.13. The highest BCUT2D eigenvalue weighted by atomic mass is 79.9. The summed E-state index contributed by atoms with van der Waals surface area (Å²) in [5, 5.41) is 10.4. The summed E-state index contributed by atoms with van der Waals surface area (Å²) in [7, 11) is 1.84. The van der Waals surface area contributed by atoms with Crippen molar-refractivity contribution in [3.63, 3.8) is 0 Å². The number of aldehydes is 1. The lowest BCUT2D eigenvalue weighted by molar-refractivity contribution is 0.112. The van der Waals surface area contributed by atoms with Gasteiger partial charge in [0.2, 0.25) is 0 Å². The Bertz CT molecular complexity index is 516. The number of benzene rings is 1. The third-order valence-electron chi connectivity index (χ3n) is 2.24. The quantitative estimate of drug-likeness (QED) is 0.794. The number of phenolic OH excluding ortho intramolecular Hbond substituents is 1. The van der Waals surface area contributed by atoms with Gasteiger partial charge in [0.25, 0.3) is 0 Å². The molecule has 0 saturated heterocycles. The summed E-state index contributed by atoms with van der Waals surface area (Å²) >= 11 is 3.21. The lowest BCUT2D eigenvalue weighted by Crippen LogP contribution is -1.82. The van der Waals surface area contributed by atoms with Crippen LogP contribution in [0.2, 0.25) is 0 Å². The molecule has 0 aliphatic heterocycles. The van der Waals surface area contributed by atoms with Gasteiger partial charge in [-0.3, -0.25) is 4.79 Å². The van der Waals surface area contributed by atoms with Crippen molar-refractivity contribution in [1.29, 1.82) is 0 Å². The fraction of sp³-hybridized carbons (Fsp3) is 0.100. The molecule has 4 heteroatoms. The second-order valence-electron chi connectivity index (χ2n) is 3.10. The van der Waals surface area contributed by atoms with Gasteiger partial charge < -0.3 is 9.67 Å². The number of phenols is 1. The zero-order valence-corrected chi connectivity index (χ0v) is 9.08. The number of halogens is 1. The number of carbonyl (C=O) groups excluding carboxylic acids is 1. The van der Waals surface area contributed by atoms with Crippen molar-refractivity contribution in [2.24, 2.45) is 7.05 Å². The maximum absolute atomic E-state index is 10.8. The summed E-state index contributed by atoms with van der Waals surface area (Å²) in [4.78, 5) is 10.8. The first-order valence-corrected chi connectivity index (χ1v) is 4.86. The lowest BCUT2D eigenvalue weighted by atomic mass is 10.2. The molecule has 1 heterocycles. The van der Waals surface area contributed by atoms with Crippen LogP contribution in [0, 0.1) is 0 Å². The van der Waals surface area contributed by atoms with Gasteiger partial charge in [-0.15, -0.1) is 0 Å². The van der Waals surface area contributed by atoms with Gasteiger partial charge in [-0.25, -0.2) is 0 Å². The number of nitrogens with zero attached hydrogens (tertiary/aromatic N) is 1. The van der Waals surface area contributed by atoms with Crippen LogP contribution in [-0.4, -0.2) is 16.0 Å². The Morgan fingerprint density at radius 3 is 2.86 bits per heavy atom. The molecule has 1 N–H and O–H groups in total. The van der Waals surface area contributed by atoms with E-state index >= 15 is 0 Å². The van der Waals surface area contributed by atoms with E-state index in [2.05, 4.69) is 15.9 Å². The van der Waals surface area contributed by atoms with Gasteiger partial charge in [0, 0.05) is 18.8 Å². The molecule has 2 rings (SSSR count). The molecule has 0 bridgehead atoms. The predicted molar refractivity (Wildman–Crippen MR) is 57.7 cm³/mol. The maximum Gasteiger partial charge on any atom is 0.152 e. The van der Waals surface area contributed by atoms with Crippen LogP contribution in [0.25, 0.3) is 10.9 Å². The Labute approximate surface area is 89.1 Å². The van der Waals surface area contributed by atoms with E-state index in [4.69, 9.17) is 0 Å². The van der Waals surface area contributed by atoms with Crippen LogP contribution in [0.4, 0.5) is 0 Å². The maximum atomic E-state index is 10.8. The minimum atomic E-state index is 0.116. The van der Waals surface area contributed by atoms with Crippen molar-refractivity contribution in [3.8, 4) is 5.75 Å². The summed E-state index contributed by atoms with van der Waals surface area (Å²) in [6.07, 6.45) is 2.44. The Hall–Kier alpha value is -1.29. The molecule has 72 valence electrons. The molecule has 2 aromatic rings. The fourth-order valence-electron chi connectivity index (χ4n) is 1.57. The lowest BCUT2D eigenvalue weighted by Gasteiger charge is -2.00. The fourth-order valence-corrected chi connectivity index (χ4v) is 1.90. The average molecular weight is 254 g/mol. The van der Waals surface area contributed by atoms with Crippen LogP contribution in [-0.2, 0) is 7.05 Å². The number of carbonyl (C=O) groups is 1. The molecule has 0 amide bonds. The SMILES string of the molecule is Cn1cc(C=O)c2c(O)c(Br)ccc21. The molecule has 3 nitrogen and oxygen atoms in total. The molecule has 0 spiro atoms. The van der Waals surface area contributed by atoms with Crippen LogP contribution in [0.3, 0.4) is 0 Å². The molecule has 0 aliphatic carbocycles. The molecule has 0 atom stereocenters. The van der Waals surface area contributed by atoms with Crippen molar-refractivity contribution in [1.82, 2.24) is 4.57 Å². The van der Waals surface area contributed by atoms with Gasteiger partial charge >= 0.3 is 0 Å². The Kier molecular flexibility index (Phi) is 2.07. The van der Waals surface area contributed by atoms with Crippen molar-refractivity contribution in [2.75, 3.05) is 0 Å². The van der Waals surface area contributed by atoms with Crippen LogP contribution in [0.5, 0.6) is 5.75 Å². The van der Waals surface area contributed by atoms with E-state index in [9.17, 15) is 9.90 Å². The van der Waals surface area contributed by atoms with Crippen molar-refractivity contribution >= 4 is 33.1 Å².